The fourth-order valence-electron chi connectivity index (χ4n) is 1.76. The van der Waals surface area contributed by atoms with E-state index >= 15 is 0 Å². The molecule has 0 saturated carbocycles. The van der Waals surface area contributed by atoms with Crippen LogP contribution in [-0.2, 0) is 0 Å². The van der Waals surface area contributed by atoms with E-state index in [0.29, 0.717) is 10.9 Å². The first-order valence-corrected chi connectivity index (χ1v) is 5.38. The minimum absolute atomic E-state index is 0.171. The van der Waals surface area contributed by atoms with Gasteiger partial charge in [-0.3, -0.25) is 4.79 Å². The van der Waals surface area contributed by atoms with E-state index in [4.69, 9.17) is 5.73 Å². The number of hydrogen-bond acceptors (Lipinski definition) is 2. The number of carbonyl (C=O) groups is 1. The zero-order chi connectivity index (χ0) is 12.6. The topological polar surface area (TPSA) is 90.1 Å². The highest BCUT2D eigenvalue weighted by Crippen LogP contribution is 2.12. The Morgan fingerprint density at radius 2 is 2.12 bits per heavy atom. The SMILES string of the molecule is CC(C)c1[nH]c(=O)c2c(C(N)=O)cccc2[nH+]1. The standard InChI is InChI=1S/C12H13N3O2/c1-6(2)11-14-8-5-3-4-7(10(13)16)9(8)12(17)15-11/h3-6H,1-2H3,(H2,13,16)(H,14,15,17)/p+1. The van der Waals surface area contributed by atoms with Crippen LogP contribution in [0.2, 0.25) is 0 Å². The summed E-state index contributed by atoms with van der Waals surface area (Å²) in [6, 6.07) is 4.99. The lowest BCUT2D eigenvalue weighted by molar-refractivity contribution is -0.365. The molecule has 5 nitrogen and oxygen atoms in total. The quantitative estimate of drug-likeness (QED) is 0.792. The Morgan fingerprint density at radius 1 is 1.41 bits per heavy atom. The second-order valence-electron chi connectivity index (χ2n) is 4.24. The molecule has 5 heteroatoms. The monoisotopic (exact) mass is 232 g/mol. The van der Waals surface area contributed by atoms with Crippen molar-refractivity contribution in [3.05, 3.63) is 39.9 Å². The van der Waals surface area contributed by atoms with Crippen LogP contribution in [0.1, 0.15) is 35.9 Å². The number of carbonyl (C=O) groups excluding carboxylic acids is 1. The first-order valence-electron chi connectivity index (χ1n) is 5.38. The Morgan fingerprint density at radius 3 is 2.71 bits per heavy atom. The van der Waals surface area contributed by atoms with Crippen molar-refractivity contribution in [2.24, 2.45) is 5.73 Å². The van der Waals surface area contributed by atoms with E-state index < -0.39 is 5.91 Å². The average Bonchev–Trinajstić information content (AvgIpc) is 2.27. The Bertz CT molecular complexity index is 644. The lowest BCUT2D eigenvalue weighted by Gasteiger charge is -2.02. The molecular formula is C12H14N3O2+. The lowest BCUT2D eigenvalue weighted by atomic mass is 10.1. The van der Waals surface area contributed by atoms with E-state index in [9.17, 15) is 9.59 Å². The van der Waals surface area contributed by atoms with Gasteiger partial charge in [0, 0.05) is 0 Å². The smallest absolute Gasteiger partial charge is 0.343 e. The second-order valence-corrected chi connectivity index (χ2v) is 4.24. The molecule has 1 heterocycles. The van der Waals surface area contributed by atoms with E-state index in [1.54, 1.807) is 18.2 Å². The summed E-state index contributed by atoms with van der Waals surface area (Å²) < 4.78 is 0. The fraction of sp³-hybridized carbons (Fsp3) is 0.250. The molecule has 0 aliphatic rings. The van der Waals surface area contributed by atoms with Gasteiger partial charge >= 0.3 is 5.56 Å². The maximum absolute atomic E-state index is 11.9. The first-order chi connectivity index (χ1) is 8.00. The van der Waals surface area contributed by atoms with Crippen molar-refractivity contribution in [3.63, 3.8) is 0 Å². The van der Waals surface area contributed by atoms with Crippen molar-refractivity contribution in [2.45, 2.75) is 19.8 Å². The number of hydrogen-bond donors (Lipinski definition) is 2. The van der Waals surface area contributed by atoms with Crippen LogP contribution in [0.15, 0.2) is 23.0 Å². The number of H-pyrrole nitrogens is 2. The molecule has 0 radical (unpaired) electrons. The molecule has 17 heavy (non-hydrogen) atoms. The van der Waals surface area contributed by atoms with Crippen LogP contribution in [0.5, 0.6) is 0 Å². The van der Waals surface area contributed by atoms with Crippen LogP contribution in [0, 0.1) is 0 Å². The predicted octanol–water partition coefficient (Wildman–Crippen LogP) is 0.565. The van der Waals surface area contributed by atoms with Crippen LogP contribution >= 0.6 is 0 Å². The second kappa shape index (κ2) is 4.01. The maximum atomic E-state index is 11.9. The van der Waals surface area contributed by atoms with Gasteiger partial charge in [0.25, 0.3) is 5.82 Å². The minimum Gasteiger partial charge on any atom is -0.366 e. The zero-order valence-corrected chi connectivity index (χ0v) is 9.70. The molecule has 0 aliphatic carbocycles. The highest BCUT2D eigenvalue weighted by Gasteiger charge is 2.17. The number of aromatic amines is 2. The minimum atomic E-state index is -0.605. The molecule has 0 spiro atoms. The number of rotatable bonds is 2. The number of aromatic nitrogens is 2. The number of fused-ring (bicyclic) bond motifs is 1. The van der Waals surface area contributed by atoms with E-state index in [1.807, 2.05) is 13.8 Å². The van der Waals surface area contributed by atoms with Gasteiger partial charge < -0.3 is 5.73 Å². The van der Waals surface area contributed by atoms with Crippen LogP contribution < -0.4 is 16.3 Å². The van der Waals surface area contributed by atoms with Crippen molar-refractivity contribution >= 4 is 16.8 Å². The van der Waals surface area contributed by atoms with Gasteiger partial charge in [-0.1, -0.05) is 19.9 Å². The molecule has 0 bridgehead atoms. The lowest BCUT2D eigenvalue weighted by Crippen LogP contribution is -2.26. The molecule has 88 valence electrons. The van der Waals surface area contributed by atoms with Crippen LogP contribution in [0.25, 0.3) is 10.9 Å². The van der Waals surface area contributed by atoms with E-state index in [1.165, 1.54) is 0 Å². The summed E-state index contributed by atoms with van der Waals surface area (Å²) in [5, 5.41) is 0.310. The van der Waals surface area contributed by atoms with Crippen molar-refractivity contribution in [3.8, 4) is 0 Å². The molecule has 0 unspecified atom stereocenters. The van der Waals surface area contributed by atoms with Crippen LogP contribution in [0.4, 0.5) is 0 Å². The molecule has 1 aromatic heterocycles. The molecule has 2 rings (SSSR count). The zero-order valence-electron chi connectivity index (χ0n) is 9.70. The molecular weight excluding hydrogens is 218 g/mol. The van der Waals surface area contributed by atoms with E-state index in [0.717, 1.165) is 5.82 Å². The van der Waals surface area contributed by atoms with Gasteiger partial charge in [-0.05, 0) is 12.1 Å². The van der Waals surface area contributed by atoms with Gasteiger partial charge in [0.15, 0.2) is 0 Å². The third kappa shape index (κ3) is 1.91. The molecule has 2 aromatic rings. The van der Waals surface area contributed by atoms with Gasteiger partial charge in [-0.2, -0.15) is 0 Å². The highest BCUT2D eigenvalue weighted by atomic mass is 16.1. The summed E-state index contributed by atoms with van der Waals surface area (Å²) in [6.07, 6.45) is 0. The molecule has 0 saturated heterocycles. The Balaban J connectivity index is 2.86. The number of primary amides is 1. The normalized spacial score (nSPS) is 11.0. The van der Waals surface area contributed by atoms with E-state index in [2.05, 4.69) is 9.97 Å². The number of nitrogens with two attached hydrogens (primary N) is 1. The third-order valence-electron chi connectivity index (χ3n) is 2.65. The van der Waals surface area contributed by atoms with Gasteiger partial charge in [0.1, 0.15) is 10.9 Å². The van der Waals surface area contributed by atoms with Crippen LogP contribution in [0.3, 0.4) is 0 Å². The van der Waals surface area contributed by atoms with Gasteiger partial charge in [-0.15, -0.1) is 0 Å². The highest BCUT2D eigenvalue weighted by molar-refractivity contribution is 6.04. The molecule has 0 aliphatic heterocycles. The molecule has 1 aromatic carbocycles. The van der Waals surface area contributed by atoms with Gasteiger partial charge in [0.05, 0.1) is 11.5 Å². The third-order valence-corrected chi connectivity index (χ3v) is 2.65. The summed E-state index contributed by atoms with van der Waals surface area (Å²) in [7, 11) is 0. The number of amides is 1. The van der Waals surface area contributed by atoms with Gasteiger partial charge in [0.2, 0.25) is 5.91 Å². The summed E-state index contributed by atoms with van der Waals surface area (Å²) in [5.74, 6) is 0.292. The van der Waals surface area contributed by atoms with E-state index in [-0.39, 0.29) is 17.0 Å². The largest absolute Gasteiger partial charge is 0.366 e. The first kappa shape index (κ1) is 11.3. The summed E-state index contributed by atoms with van der Waals surface area (Å²) in [5.41, 5.74) is 5.80. The maximum Gasteiger partial charge on any atom is 0.343 e. The summed E-state index contributed by atoms with van der Waals surface area (Å²) in [6.45, 7) is 3.93. The van der Waals surface area contributed by atoms with Crippen LogP contribution in [-0.4, -0.2) is 10.9 Å². The van der Waals surface area contributed by atoms with Gasteiger partial charge in [-0.25, -0.2) is 14.8 Å². The van der Waals surface area contributed by atoms with Crippen molar-refractivity contribution in [1.82, 2.24) is 4.98 Å². The number of benzene rings is 1. The average molecular weight is 232 g/mol. The number of nitrogens with one attached hydrogen (secondary N) is 2. The van der Waals surface area contributed by atoms with Crippen molar-refractivity contribution in [2.75, 3.05) is 0 Å². The predicted molar refractivity (Wildman–Crippen MR) is 63.7 cm³/mol. The molecule has 1 amide bonds. The summed E-state index contributed by atoms with van der Waals surface area (Å²) >= 11 is 0. The molecule has 0 fully saturated rings. The van der Waals surface area contributed by atoms with Crippen molar-refractivity contribution in [1.29, 1.82) is 0 Å². The summed E-state index contributed by atoms with van der Waals surface area (Å²) in [4.78, 5) is 29.0. The Kier molecular flexibility index (Phi) is 2.67. The fourth-order valence-corrected chi connectivity index (χ4v) is 1.76. The van der Waals surface area contributed by atoms with Crippen molar-refractivity contribution < 1.29 is 9.78 Å². The Labute approximate surface area is 97.7 Å². The molecule has 4 N–H and O–H groups in total. The molecule has 0 atom stereocenters. The Hall–Kier alpha value is -2.17.